The Labute approximate surface area is 156 Å². The van der Waals surface area contributed by atoms with E-state index in [1.54, 1.807) is 36.3 Å². The van der Waals surface area contributed by atoms with Crippen LogP contribution >= 0.6 is 0 Å². The molecular formula is C20H21FN2O4. The van der Waals surface area contributed by atoms with Gasteiger partial charge in [-0.1, -0.05) is 0 Å². The molecule has 1 fully saturated rings. The van der Waals surface area contributed by atoms with Crippen LogP contribution in [0, 0.1) is 5.82 Å². The van der Waals surface area contributed by atoms with Crippen LogP contribution in [0.25, 0.3) is 0 Å². The minimum Gasteiger partial charge on any atom is -0.489 e. The van der Waals surface area contributed by atoms with Gasteiger partial charge in [0.2, 0.25) is 5.91 Å². The Morgan fingerprint density at radius 1 is 1.19 bits per heavy atom. The molecule has 27 heavy (non-hydrogen) atoms. The number of carbonyl (C=O) groups is 2. The van der Waals surface area contributed by atoms with E-state index < -0.39 is 11.7 Å². The molecule has 0 saturated carbocycles. The first-order valence-corrected chi connectivity index (χ1v) is 8.71. The third-order valence-electron chi connectivity index (χ3n) is 4.25. The average molecular weight is 372 g/mol. The number of hydrogen-bond donors (Lipinski definition) is 1. The Balaban J connectivity index is 1.71. The number of ether oxygens (including phenoxy) is 2. The number of rotatable bonds is 7. The summed E-state index contributed by atoms with van der Waals surface area (Å²) in [5.74, 6) is -0.422. The van der Waals surface area contributed by atoms with Gasteiger partial charge in [0.1, 0.15) is 18.2 Å². The highest BCUT2D eigenvalue weighted by Gasteiger charge is 2.21. The minimum atomic E-state index is -0.479. The van der Waals surface area contributed by atoms with Crippen molar-refractivity contribution < 1.29 is 23.5 Å². The van der Waals surface area contributed by atoms with Crippen LogP contribution in [0.2, 0.25) is 0 Å². The SMILES string of the molecule is COCCOc1ccc(F)cc1NC(=O)c1ccc(N2CCCC2=O)cc1. The summed E-state index contributed by atoms with van der Waals surface area (Å²) in [7, 11) is 1.55. The van der Waals surface area contributed by atoms with Crippen molar-refractivity contribution in [3.63, 3.8) is 0 Å². The zero-order valence-corrected chi connectivity index (χ0v) is 15.0. The van der Waals surface area contributed by atoms with Gasteiger partial charge in [0.25, 0.3) is 5.91 Å². The molecule has 0 aromatic heterocycles. The second kappa shape index (κ2) is 8.64. The number of nitrogens with zero attached hydrogens (tertiary/aromatic N) is 1. The van der Waals surface area contributed by atoms with E-state index in [0.29, 0.717) is 30.9 Å². The molecular weight excluding hydrogens is 351 g/mol. The van der Waals surface area contributed by atoms with Gasteiger partial charge in [0, 0.05) is 37.4 Å². The molecule has 1 aliphatic rings. The van der Waals surface area contributed by atoms with Gasteiger partial charge in [0.05, 0.1) is 12.3 Å². The molecule has 7 heteroatoms. The fourth-order valence-corrected chi connectivity index (χ4v) is 2.87. The fraction of sp³-hybridized carbons (Fsp3) is 0.300. The molecule has 2 aromatic rings. The minimum absolute atomic E-state index is 0.0878. The zero-order valence-electron chi connectivity index (χ0n) is 15.0. The number of methoxy groups -OCH3 is 1. The summed E-state index contributed by atoms with van der Waals surface area (Å²) in [5, 5.41) is 2.67. The Morgan fingerprint density at radius 3 is 2.63 bits per heavy atom. The quantitative estimate of drug-likeness (QED) is 0.758. The van der Waals surface area contributed by atoms with E-state index in [1.807, 2.05) is 0 Å². The Bertz CT molecular complexity index is 823. The third-order valence-corrected chi connectivity index (χ3v) is 4.25. The third kappa shape index (κ3) is 4.62. The van der Waals surface area contributed by atoms with Crippen LogP contribution in [0.3, 0.4) is 0 Å². The van der Waals surface area contributed by atoms with E-state index in [4.69, 9.17) is 9.47 Å². The van der Waals surface area contributed by atoms with Crippen LogP contribution in [0.1, 0.15) is 23.2 Å². The number of amides is 2. The van der Waals surface area contributed by atoms with E-state index in [-0.39, 0.29) is 18.2 Å². The summed E-state index contributed by atoms with van der Waals surface area (Å²) in [4.78, 5) is 26.0. The lowest BCUT2D eigenvalue weighted by molar-refractivity contribution is -0.117. The maximum absolute atomic E-state index is 13.6. The standard InChI is InChI=1S/C20H21FN2O4/c1-26-11-12-27-18-9-6-15(21)13-17(18)22-20(25)14-4-7-16(8-5-14)23-10-2-3-19(23)24/h4-9,13H,2-3,10-12H2,1H3,(H,22,25). The molecule has 1 saturated heterocycles. The highest BCUT2D eigenvalue weighted by Crippen LogP contribution is 2.27. The Hall–Kier alpha value is -2.93. The van der Waals surface area contributed by atoms with Gasteiger partial charge in [-0.05, 0) is 42.8 Å². The molecule has 0 atom stereocenters. The maximum atomic E-state index is 13.6. The summed E-state index contributed by atoms with van der Waals surface area (Å²) >= 11 is 0. The van der Waals surface area contributed by atoms with Crippen molar-refractivity contribution >= 4 is 23.2 Å². The molecule has 0 radical (unpaired) electrons. The second-order valence-corrected chi connectivity index (χ2v) is 6.13. The number of hydrogen-bond acceptors (Lipinski definition) is 4. The van der Waals surface area contributed by atoms with Crippen LogP contribution in [0.4, 0.5) is 15.8 Å². The summed E-state index contributed by atoms with van der Waals surface area (Å²) in [6.45, 7) is 1.35. The molecule has 2 amide bonds. The van der Waals surface area contributed by atoms with Gasteiger partial charge < -0.3 is 19.7 Å². The van der Waals surface area contributed by atoms with E-state index in [0.717, 1.165) is 12.1 Å². The van der Waals surface area contributed by atoms with Gasteiger partial charge in [-0.25, -0.2) is 4.39 Å². The number of halogens is 1. The molecule has 1 N–H and O–H groups in total. The summed E-state index contributed by atoms with van der Waals surface area (Å²) in [5.41, 5.74) is 1.41. The van der Waals surface area contributed by atoms with Gasteiger partial charge in [0.15, 0.2) is 0 Å². The number of anilines is 2. The van der Waals surface area contributed by atoms with Crippen molar-refractivity contribution in [3.8, 4) is 5.75 Å². The Morgan fingerprint density at radius 2 is 1.96 bits per heavy atom. The number of carbonyl (C=O) groups excluding carboxylic acids is 2. The molecule has 0 aliphatic carbocycles. The zero-order chi connectivity index (χ0) is 19.2. The molecule has 6 nitrogen and oxygen atoms in total. The topological polar surface area (TPSA) is 67.9 Å². The lowest BCUT2D eigenvalue weighted by Gasteiger charge is -2.16. The first-order valence-electron chi connectivity index (χ1n) is 8.71. The molecule has 142 valence electrons. The van der Waals surface area contributed by atoms with Crippen LogP contribution < -0.4 is 15.0 Å². The predicted molar refractivity (Wildman–Crippen MR) is 99.8 cm³/mol. The van der Waals surface area contributed by atoms with Gasteiger partial charge in [-0.2, -0.15) is 0 Å². The van der Waals surface area contributed by atoms with Crippen LogP contribution in [-0.2, 0) is 9.53 Å². The molecule has 0 spiro atoms. The number of benzene rings is 2. The van der Waals surface area contributed by atoms with Crippen molar-refractivity contribution in [3.05, 3.63) is 53.8 Å². The molecule has 1 aliphatic heterocycles. The van der Waals surface area contributed by atoms with E-state index in [2.05, 4.69) is 5.32 Å². The second-order valence-electron chi connectivity index (χ2n) is 6.13. The van der Waals surface area contributed by atoms with Crippen molar-refractivity contribution in [2.45, 2.75) is 12.8 Å². The highest BCUT2D eigenvalue weighted by atomic mass is 19.1. The maximum Gasteiger partial charge on any atom is 0.255 e. The van der Waals surface area contributed by atoms with Crippen LogP contribution in [0.15, 0.2) is 42.5 Å². The van der Waals surface area contributed by atoms with E-state index in [1.165, 1.54) is 18.2 Å². The first kappa shape index (κ1) is 18.8. The van der Waals surface area contributed by atoms with E-state index >= 15 is 0 Å². The average Bonchev–Trinajstić information content (AvgIpc) is 3.09. The molecule has 0 bridgehead atoms. The summed E-state index contributed by atoms with van der Waals surface area (Å²) < 4.78 is 24.0. The van der Waals surface area contributed by atoms with Crippen molar-refractivity contribution in [1.82, 2.24) is 0 Å². The molecule has 2 aromatic carbocycles. The smallest absolute Gasteiger partial charge is 0.255 e. The van der Waals surface area contributed by atoms with Crippen molar-refractivity contribution in [1.29, 1.82) is 0 Å². The van der Waals surface area contributed by atoms with Gasteiger partial charge in [-0.15, -0.1) is 0 Å². The van der Waals surface area contributed by atoms with Gasteiger partial charge in [-0.3, -0.25) is 9.59 Å². The van der Waals surface area contributed by atoms with Crippen LogP contribution in [0.5, 0.6) is 5.75 Å². The lowest BCUT2D eigenvalue weighted by Crippen LogP contribution is -2.23. The fourth-order valence-electron chi connectivity index (χ4n) is 2.87. The van der Waals surface area contributed by atoms with Crippen LogP contribution in [-0.4, -0.2) is 38.7 Å². The largest absolute Gasteiger partial charge is 0.489 e. The molecule has 3 rings (SSSR count). The monoisotopic (exact) mass is 372 g/mol. The normalized spacial score (nSPS) is 13.7. The van der Waals surface area contributed by atoms with Gasteiger partial charge >= 0.3 is 0 Å². The first-order chi connectivity index (χ1) is 13.1. The predicted octanol–water partition coefficient (Wildman–Crippen LogP) is 3.23. The lowest BCUT2D eigenvalue weighted by atomic mass is 10.1. The highest BCUT2D eigenvalue weighted by molar-refractivity contribution is 6.05. The summed E-state index contributed by atoms with van der Waals surface area (Å²) in [6.07, 6.45) is 1.39. The summed E-state index contributed by atoms with van der Waals surface area (Å²) in [6, 6.07) is 10.7. The van der Waals surface area contributed by atoms with E-state index in [9.17, 15) is 14.0 Å². The molecule has 0 unspecified atom stereocenters. The Kier molecular flexibility index (Phi) is 6.03. The van der Waals surface area contributed by atoms with Crippen molar-refractivity contribution in [2.24, 2.45) is 0 Å². The molecule has 1 heterocycles. The van der Waals surface area contributed by atoms with Crippen molar-refractivity contribution in [2.75, 3.05) is 37.1 Å². The number of nitrogens with one attached hydrogen (secondary N) is 1.